The Balaban J connectivity index is 2.22. The molecule has 0 aromatic carbocycles. The summed E-state index contributed by atoms with van der Waals surface area (Å²) in [5.74, 6) is 1.48. The smallest absolute Gasteiger partial charge is 0.223 e. The van der Waals surface area contributed by atoms with Crippen molar-refractivity contribution in [3.8, 4) is 0 Å². The third kappa shape index (κ3) is 2.50. The van der Waals surface area contributed by atoms with Gasteiger partial charge >= 0.3 is 0 Å². The summed E-state index contributed by atoms with van der Waals surface area (Å²) in [5, 5.41) is 7.30. The molecule has 0 bridgehead atoms. The number of nitrogens with zero attached hydrogens (tertiary/aromatic N) is 3. The van der Waals surface area contributed by atoms with Crippen LogP contribution in [0.15, 0.2) is 16.9 Å². The Hall–Kier alpha value is -1.91. The number of rotatable bonds is 4. The normalized spacial score (nSPS) is 12.4. The standard InChI is InChI=1S/C13H18N4O/c1-5-11(12-9(3)17-18-10(12)4)16-13-14-6-8(2)7-15-13/h6-7,11H,5H2,1-4H3,(H,14,15,16). The van der Waals surface area contributed by atoms with E-state index in [2.05, 4.69) is 27.4 Å². The van der Waals surface area contributed by atoms with Crippen molar-refractivity contribution in [2.24, 2.45) is 0 Å². The number of aryl methyl sites for hydroxylation is 3. The molecule has 0 amide bonds. The second kappa shape index (κ2) is 5.16. The van der Waals surface area contributed by atoms with Crippen LogP contribution in [0, 0.1) is 20.8 Å². The maximum atomic E-state index is 5.20. The fourth-order valence-corrected chi connectivity index (χ4v) is 1.99. The van der Waals surface area contributed by atoms with E-state index in [0.29, 0.717) is 5.95 Å². The molecule has 2 rings (SSSR count). The molecule has 5 heteroatoms. The predicted octanol–water partition coefficient (Wildman–Crippen LogP) is 2.95. The summed E-state index contributed by atoms with van der Waals surface area (Å²) >= 11 is 0. The summed E-state index contributed by atoms with van der Waals surface area (Å²) in [4.78, 5) is 8.52. The van der Waals surface area contributed by atoms with Gasteiger partial charge in [-0.2, -0.15) is 0 Å². The van der Waals surface area contributed by atoms with E-state index in [4.69, 9.17) is 4.52 Å². The maximum absolute atomic E-state index is 5.20. The molecule has 2 aromatic heterocycles. The molecule has 96 valence electrons. The van der Waals surface area contributed by atoms with Gasteiger partial charge in [-0.25, -0.2) is 9.97 Å². The summed E-state index contributed by atoms with van der Waals surface area (Å²) < 4.78 is 5.20. The van der Waals surface area contributed by atoms with Crippen LogP contribution in [0.25, 0.3) is 0 Å². The van der Waals surface area contributed by atoms with Gasteiger partial charge in [0.2, 0.25) is 5.95 Å². The molecule has 0 fully saturated rings. The van der Waals surface area contributed by atoms with Crippen LogP contribution in [0.4, 0.5) is 5.95 Å². The molecule has 18 heavy (non-hydrogen) atoms. The van der Waals surface area contributed by atoms with E-state index in [0.717, 1.165) is 29.0 Å². The largest absolute Gasteiger partial charge is 0.361 e. The molecule has 1 N–H and O–H groups in total. The van der Waals surface area contributed by atoms with Crippen LogP contribution in [-0.4, -0.2) is 15.1 Å². The van der Waals surface area contributed by atoms with Gasteiger partial charge in [-0.1, -0.05) is 12.1 Å². The van der Waals surface area contributed by atoms with Crippen LogP contribution in [-0.2, 0) is 0 Å². The van der Waals surface area contributed by atoms with Gasteiger partial charge in [-0.15, -0.1) is 0 Å². The minimum absolute atomic E-state index is 0.124. The molecule has 2 aromatic rings. The minimum Gasteiger partial charge on any atom is -0.361 e. The van der Waals surface area contributed by atoms with Gasteiger partial charge in [0.1, 0.15) is 5.76 Å². The summed E-state index contributed by atoms with van der Waals surface area (Å²) in [6.07, 6.45) is 4.52. The fraction of sp³-hybridized carbons (Fsp3) is 0.462. The highest BCUT2D eigenvalue weighted by Crippen LogP contribution is 2.26. The van der Waals surface area contributed by atoms with E-state index in [-0.39, 0.29) is 6.04 Å². The summed E-state index contributed by atoms with van der Waals surface area (Å²) in [6.45, 7) is 7.95. The summed E-state index contributed by atoms with van der Waals surface area (Å²) in [6, 6.07) is 0.124. The Morgan fingerprint density at radius 3 is 2.39 bits per heavy atom. The zero-order valence-corrected chi connectivity index (χ0v) is 11.2. The molecule has 0 saturated heterocycles. The highest BCUT2D eigenvalue weighted by molar-refractivity contribution is 5.34. The molecule has 1 unspecified atom stereocenters. The summed E-state index contributed by atoms with van der Waals surface area (Å²) in [5.41, 5.74) is 3.06. The van der Waals surface area contributed by atoms with Crippen molar-refractivity contribution >= 4 is 5.95 Å². The number of anilines is 1. The Morgan fingerprint density at radius 1 is 1.22 bits per heavy atom. The van der Waals surface area contributed by atoms with E-state index >= 15 is 0 Å². The van der Waals surface area contributed by atoms with Gasteiger partial charge in [0.05, 0.1) is 11.7 Å². The van der Waals surface area contributed by atoms with Gasteiger partial charge in [0.15, 0.2) is 0 Å². The van der Waals surface area contributed by atoms with Crippen LogP contribution >= 0.6 is 0 Å². The van der Waals surface area contributed by atoms with Crippen molar-refractivity contribution in [2.45, 2.75) is 40.2 Å². The molecule has 0 radical (unpaired) electrons. The monoisotopic (exact) mass is 246 g/mol. The summed E-state index contributed by atoms with van der Waals surface area (Å²) in [7, 11) is 0. The van der Waals surface area contributed by atoms with Crippen molar-refractivity contribution < 1.29 is 4.52 Å². The number of hydrogen-bond acceptors (Lipinski definition) is 5. The van der Waals surface area contributed by atoms with E-state index in [1.165, 1.54) is 0 Å². The second-order valence-electron chi connectivity index (χ2n) is 4.43. The number of nitrogens with one attached hydrogen (secondary N) is 1. The first-order valence-corrected chi connectivity index (χ1v) is 6.09. The lowest BCUT2D eigenvalue weighted by molar-refractivity contribution is 0.391. The molecular weight excluding hydrogens is 228 g/mol. The lowest BCUT2D eigenvalue weighted by Crippen LogP contribution is -2.13. The molecule has 1 atom stereocenters. The average Bonchev–Trinajstić information content (AvgIpc) is 2.69. The molecule has 0 saturated carbocycles. The van der Waals surface area contributed by atoms with Crippen LogP contribution in [0.5, 0.6) is 0 Å². The lowest BCUT2D eigenvalue weighted by atomic mass is 10.0. The Bertz CT molecular complexity index is 499. The van der Waals surface area contributed by atoms with Crippen molar-refractivity contribution in [1.82, 2.24) is 15.1 Å². The average molecular weight is 246 g/mol. The molecule has 5 nitrogen and oxygen atoms in total. The van der Waals surface area contributed by atoms with Crippen LogP contribution in [0.1, 0.15) is 42.0 Å². The SMILES string of the molecule is CCC(Nc1ncc(C)cn1)c1c(C)noc1C. The molecule has 0 aliphatic rings. The molecule has 0 spiro atoms. The Kier molecular flexibility index (Phi) is 3.60. The Morgan fingerprint density at radius 2 is 1.89 bits per heavy atom. The highest BCUT2D eigenvalue weighted by Gasteiger charge is 2.19. The second-order valence-corrected chi connectivity index (χ2v) is 4.43. The Labute approximate surface area is 107 Å². The van der Waals surface area contributed by atoms with Crippen LogP contribution in [0.3, 0.4) is 0 Å². The van der Waals surface area contributed by atoms with E-state index in [9.17, 15) is 0 Å². The quantitative estimate of drug-likeness (QED) is 0.898. The van der Waals surface area contributed by atoms with E-state index in [1.54, 1.807) is 12.4 Å². The van der Waals surface area contributed by atoms with Gasteiger partial charge in [0, 0.05) is 18.0 Å². The molecule has 0 aliphatic carbocycles. The van der Waals surface area contributed by atoms with Crippen molar-refractivity contribution in [2.75, 3.05) is 5.32 Å². The topological polar surface area (TPSA) is 63.8 Å². The van der Waals surface area contributed by atoms with Crippen molar-refractivity contribution in [3.63, 3.8) is 0 Å². The van der Waals surface area contributed by atoms with Gasteiger partial charge in [-0.05, 0) is 32.8 Å². The third-order valence-corrected chi connectivity index (χ3v) is 2.93. The predicted molar refractivity (Wildman–Crippen MR) is 69.4 cm³/mol. The van der Waals surface area contributed by atoms with Crippen molar-refractivity contribution in [3.05, 3.63) is 35.0 Å². The first-order chi connectivity index (χ1) is 8.61. The zero-order chi connectivity index (χ0) is 13.1. The fourth-order valence-electron chi connectivity index (χ4n) is 1.99. The van der Waals surface area contributed by atoms with E-state index in [1.807, 2.05) is 20.8 Å². The third-order valence-electron chi connectivity index (χ3n) is 2.93. The molecule has 0 aliphatic heterocycles. The lowest BCUT2D eigenvalue weighted by Gasteiger charge is -2.16. The number of hydrogen-bond donors (Lipinski definition) is 1. The first-order valence-electron chi connectivity index (χ1n) is 6.09. The maximum Gasteiger partial charge on any atom is 0.223 e. The van der Waals surface area contributed by atoms with E-state index < -0.39 is 0 Å². The van der Waals surface area contributed by atoms with Crippen molar-refractivity contribution in [1.29, 1.82) is 0 Å². The highest BCUT2D eigenvalue weighted by atomic mass is 16.5. The first kappa shape index (κ1) is 12.5. The van der Waals surface area contributed by atoms with Gasteiger partial charge in [-0.3, -0.25) is 0 Å². The van der Waals surface area contributed by atoms with Gasteiger partial charge < -0.3 is 9.84 Å². The van der Waals surface area contributed by atoms with Gasteiger partial charge in [0.25, 0.3) is 0 Å². The minimum atomic E-state index is 0.124. The van der Waals surface area contributed by atoms with Crippen LogP contribution < -0.4 is 5.32 Å². The molecular formula is C13H18N4O. The van der Waals surface area contributed by atoms with Crippen LogP contribution in [0.2, 0.25) is 0 Å². The number of aromatic nitrogens is 3. The zero-order valence-electron chi connectivity index (χ0n) is 11.2. The molecule has 2 heterocycles.